The molecule has 6 atom stereocenters. The van der Waals surface area contributed by atoms with Crippen LogP contribution in [0.3, 0.4) is 0 Å². The highest BCUT2D eigenvalue weighted by Crippen LogP contribution is 2.42. The number of carbonyl (C=O) groups is 4. The van der Waals surface area contributed by atoms with E-state index in [0.717, 1.165) is 49.8 Å². The van der Waals surface area contributed by atoms with Crippen LogP contribution in [0.5, 0.6) is 0 Å². The monoisotopic (exact) mass is 906 g/mol. The van der Waals surface area contributed by atoms with Crippen LogP contribution in [-0.4, -0.2) is 121 Å². The number of methoxy groups -OCH3 is 1. The Labute approximate surface area is 381 Å². The second kappa shape index (κ2) is 18.2. The molecule has 5 heterocycles. The van der Waals surface area contributed by atoms with Gasteiger partial charge in [0.2, 0.25) is 17.7 Å². The van der Waals surface area contributed by atoms with E-state index in [2.05, 4.69) is 27.1 Å². The lowest BCUT2D eigenvalue weighted by atomic mass is 9.81. The first-order chi connectivity index (χ1) is 31.7. The Balaban J connectivity index is 0.928. The largest absolute Gasteiger partial charge is 0.465 e. The minimum absolute atomic E-state index is 0.0860. The molecule has 4 N–H and O–H groups in total. The predicted octanol–water partition coefficient (Wildman–Crippen LogP) is 8.05. The maximum atomic E-state index is 14.4. The van der Waals surface area contributed by atoms with E-state index in [1.165, 1.54) is 14.2 Å². The maximum absolute atomic E-state index is 14.4. The van der Waals surface area contributed by atoms with E-state index < -0.39 is 42.2 Å². The number of alkyl carbamates (subject to hydrolysis) is 1. The molecular formula is C49H56F2N8O7. The number of carbonyl (C=O) groups excluding carboxylic acids is 3. The third-order valence-corrected chi connectivity index (χ3v) is 14.5. The molecule has 4 fully saturated rings. The molecule has 66 heavy (non-hydrogen) atoms. The van der Waals surface area contributed by atoms with Gasteiger partial charge in [0, 0.05) is 61.7 Å². The van der Waals surface area contributed by atoms with Crippen molar-refractivity contribution < 1.29 is 42.5 Å². The van der Waals surface area contributed by atoms with Crippen molar-refractivity contribution in [1.82, 2.24) is 40.0 Å². The Hall–Kier alpha value is -6.28. The number of aromatic amines is 2. The van der Waals surface area contributed by atoms with Crippen molar-refractivity contribution in [2.45, 2.75) is 120 Å². The third-order valence-electron chi connectivity index (χ3n) is 14.5. The van der Waals surface area contributed by atoms with Gasteiger partial charge in [-0.05, 0) is 119 Å². The van der Waals surface area contributed by atoms with E-state index in [4.69, 9.17) is 19.4 Å². The van der Waals surface area contributed by atoms with E-state index in [1.54, 1.807) is 4.90 Å². The number of aromatic nitrogens is 4. The summed E-state index contributed by atoms with van der Waals surface area (Å²) in [6, 6.07) is 12.9. The average Bonchev–Trinajstić information content (AvgIpc) is 4.12. The Morgan fingerprint density at radius 2 is 1.44 bits per heavy atom. The van der Waals surface area contributed by atoms with Gasteiger partial charge in [-0.1, -0.05) is 24.0 Å². The average molecular weight is 907 g/mol. The molecule has 15 nitrogen and oxygen atoms in total. The molecule has 1 saturated carbocycles. The van der Waals surface area contributed by atoms with Crippen molar-refractivity contribution >= 4 is 56.8 Å². The minimum Gasteiger partial charge on any atom is -0.465 e. The topological polar surface area (TPSA) is 186 Å². The lowest BCUT2D eigenvalue weighted by Gasteiger charge is -2.39. The van der Waals surface area contributed by atoms with E-state index in [1.807, 2.05) is 67.3 Å². The molecular weight excluding hydrogens is 851 g/mol. The normalized spacial score (nSPS) is 23.4. The number of likely N-dealkylation sites (N-methyl/N-ethyl adjacent to an activating group) is 1. The molecule has 0 bridgehead atoms. The fraction of sp³-hybridized carbons (Fsp3) is 0.510. The molecule has 0 spiro atoms. The zero-order valence-electron chi connectivity index (χ0n) is 37.6. The van der Waals surface area contributed by atoms with Gasteiger partial charge < -0.3 is 39.7 Å². The van der Waals surface area contributed by atoms with Crippen LogP contribution in [0.2, 0.25) is 0 Å². The highest BCUT2D eigenvalue weighted by molar-refractivity contribution is 6.04. The van der Waals surface area contributed by atoms with Gasteiger partial charge in [0.05, 0.1) is 41.3 Å². The van der Waals surface area contributed by atoms with Gasteiger partial charge in [-0.3, -0.25) is 14.5 Å². The molecule has 3 aliphatic heterocycles. The number of benzene rings is 3. The lowest BCUT2D eigenvalue weighted by Crippen LogP contribution is -2.54. The molecule has 3 saturated heterocycles. The number of carboxylic acid groups (broad SMARTS) is 1. The summed E-state index contributed by atoms with van der Waals surface area (Å²) in [4.78, 5) is 74.8. The quantitative estimate of drug-likeness (QED) is 0.112. The van der Waals surface area contributed by atoms with Crippen molar-refractivity contribution in [3.05, 3.63) is 71.3 Å². The fourth-order valence-electron chi connectivity index (χ4n) is 10.8. The number of rotatable bonds is 8. The van der Waals surface area contributed by atoms with Gasteiger partial charge in [-0.2, -0.15) is 0 Å². The highest BCUT2D eigenvalue weighted by Gasteiger charge is 2.47. The summed E-state index contributed by atoms with van der Waals surface area (Å²) >= 11 is 0. The summed E-state index contributed by atoms with van der Waals surface area (Å²) in [6.45, 7) is 4.96. The van der Waals surface area contributed by atoms with Crippen molar-refractivity contribution in [2.24, 2.45) is 11.8 Å². The number of alkyl halides is 2. The Morgan fingerprint density at radius 3 is 2.11 bits per heavy atom. The fourth-order valence-corrected chi connectivity index (χ4v) is 10.8. The summed E-state index contributed by atoms with van der Waals surface area (Å²) in [5.41, 5.74) is 4.63. The second-order valence-corrected chi connectivity index (χ2v) is 18.6. The van der Waals surface area contributed by atoms with E-state index in [9.17, 15) is 33.1 Å². The number of fused-ring (bicyclic) bond motifs is 4. The molecule has 17 heteroatoms. The lowest BCUT2D eigenvalue weighted by molar-refractivity contribution is -0.142. The van der Waals surface area contributed by atoms with Crippen LogP contribution in [0.15, 0.2) is 48.5 Å². The third kappa shape index (κ3) is 8.75. The van der Waals surface area contributed by atoms with Crippen molar-refractivity contribution in [2.75, 3.05) is 27.4 Å². The molecule has 9 rings (SSSR count). The van der Waals surface area contributed by atoms with E-state index in [-0.39, 0.29) is 61.5 Å². The Bertz CT molecular complexity index is 2730. The Morgan fingerprint density at radius 1 is 0.818 bits per heavy atom. The van der Waals surface area contributed by atoms with Gasteiger partial charge in [-0.25, -0.2) is 28.3 Å². The molecule has 4 aliphatic rings. The zero-order chi connectivity index (χ0) is 46.4. The van der Waals surface area contributed by atoms with Crippen LogP contribution in [0.4, 0.5) is 18.4 Å². The van der Waals surface area contributed by atoms with Crippen molar-refractivity contribution in [1.29, 1.82) is 0 Å². The summed E-state index contributed by atoms with van der Waals surface area (Å²) in [5.74, 6) is 3.97. The maximum Gasteiger partial charge on any atom is 0.407 e. The number of hydrogen-bond donors (Lipinski definition) is 4. The predicted molar refractivity (Wildman–Crippen MR) is 242 cm³/mol. The number of hydrogen-bond acceptors (Lipinski definition) is 8. The summed E-state index contributed by atoms with van der Waals surface area (Å²) in [5, 5.41) is 14.6. The van der Waals surface area contributed by atoms with Crippen molar-refractivity contribution in [3.8, 4) is 11.8 Å². The first kappa shape index (κ1) is 44.9. The van der Waals surface area contributed by atoms with Gasteiger partial charge in [-0.15, -0.1) is 0 Å². The molecule has 0 radical (unpaired) electrons. The molecule has 5 aromatic rings. The molecule has 1 aliphatic carbocycles. The minimum atomic E-state index is -2.78. The number of halogens is 2. The molecule has 2 aromatic heterocycles. The van der Waals surface area contributed by atoms with E-state index in [0.29, 0.717) is 62.5 Å². The summed E-state index contributed by atoms with van der Waals surface area (Å²) < 4.78 is 38.6. The van der Waals surface area contributed by atoms with Crippen LogP contribution < -0.4 is 5.32 Å². The standard InChI is InChI=1S/C49H56F2N8O7/c1-27-5-15-38(58(27)45(60)40(56-47(62)65-4)31-17-21-49(50,51)22-18-31)43-52-35-13-10-30(26-37(35)54-43)8-7-29-9-12-34-33(25-29)11-14-36-41(34)55-44(53-36)39-16-6-28(2)59(39)46(61)42(57(3)48(63)64)32-19-23-66-24-20-32/h9-14,25-28,31-32,38-40,42H,5-6,15-24H2,1-4H3,(H,52,54)(H,53,55)(H,56,62)(H,63,64)/t27-,28-,38-,39-,40-,42?/m0/s1. The summed E-state index contributed by atoms with van der Waals surface area (Å²) in [7, 11) is 2.69. The molecule has 348 valence electrons. The first-order valence-corrected chi connectivity index (χ1v) is 23.0. The van der Waals surface area contributed by atoms with Gasteiger partial charge in [0.15, 0.2) is 0 Å². The SMILES string of the molecule is COC(=O)N[C@H](C(=O)N1[C@@H](C)CC[C@H]1c1nc2cc(C#Cc3ccc4c(ccc5nc([C@@H]6CC[C@H](C)N6C(=O)C(C6CCOCC6)N(C)C(=O)O)[nH]c54)c3)ccc2[nH]1)C1CCC(F)(F)CC1. The molecule has 4 amide bonds. The number of nitrogens with one attached hydrogen (secondary N) is 3. The van der Waals surface area contributed by atoms with Crippen LogP contribution in [0.1, 0.15) is 113 Å². The number of likely N-dealkylation sites (tertiary alicyclic amines) is 2. The smallest absolute Gasteiger partial charge is 0.407 e. The number of H-pyrrole nitrogens is 2. The van der Waals surface area contributed by atoms with Gasteiger partial charge in [0.1, 0.15) is 23.7 Å². The second-order valence-electron chi connectivity index (χ2n) is 18.6. The molecule has 3 aromatic carbocycles. The molecule has 1 unspecified atom stereocenters. The van der Waals surface area contributed by atoms with Crippen LogP contribution in [0.25, 0.3) is 32.8 Å². The number of nitrogens with zero attached hydrogens (tertiary/aromatic N) is 5. The number of imidazole rings is 2. The highest BCUT2D eigenvalue weighted by atomic mass is 19.3. The first-order valence-electron chi connectivity index (χ1n) is 23.0. The van der Waals surface area contributed by atoms with Gasteiger partial charge >= 0.3 is 12.2 Å². The number of amides is 4. The van der Waals surface area contributed by atoms with Gasteiger partial charge in [0.25, 0.3) is 0 Å². The van der Waals surface area contributed by atoms with E-state index >= 15 is 0 Å². The van der Waals surface area contributed by atoms with Crippen LogP contribution in [0, 0.1) is 23.7 Å². The summed E-state index contributed by atoms with van der Waals surface area (Å²) in [6.07, 6.45) is 1.71. The van der Waals surface area contributed by atoms with Crippen LogP contribution in [-0.2, 0) is 19.1 Å². The van der Waals surface area contributed by atoms with Crippen LogP contribution >= 0.6 is 0 Å². The zero-order valence-corrected chi connectivity index (χ0v) is 37.6. The number of ether oxygens (including phenoxy) is 2. The van der Waals surface area contributed by atoms with Crippen molar-refractivity contribution in [3.63, 3.8) is 0 Å². The Kier molecular flexibility index (Phi) is 12.4.